The maximum absolute atomic E-state index is 14.3. The van der Waals surface area contributed by atoms with E-state index >= 15 is 0 Å². The lowest BCUT2D eigenvalue weighted by molar-refractivity contribution is -0.141. The highest BCUT2D eigenvalue weighted by Crippen LogP contribution is 2.37. The molecule has 15 heteroatoms. The summed E-state index contributed by atoms with van der Waals surface area (Å²) in [5.41, 5.74) is -4.36. The summed E-state index contributed by atoms with van der Waals surface area (Å²) < 4.78 is 123. The number of alkyl halides is 6. The Labute approximate surface area is 207 Å². The van der Waals surface area contributed by atoms with Gasteiger partial charge in [-0.1, -0.05) is 13.3 Å². The van der Waals surface area contributed by atoms with E-state index in [-0.39, 0.29) is 23.6 Å². The number of amides is 1. The highest BCUT2D eigenvalue weighted by Gasteiger charge is 2.36. The van der Waals surface area contributed by atoms with E-state index in [2.05, 4.69) is 10.3 Å². The van der Waals surface area contributed by atoms with Gasteiger partial charge in [0.1, 0.15) is 11.5 Å². The first kappa shape index (κ1) is 29.9. The van der Waals surface area contributed by atoms with Gasteiger partial charge >= 0.3 is 12.4 Å². The van der Waals surface area contributed by atoms with Crippen LogP contribution in [0.1, 0.15) is 42.1 Å². The van der Waals surface area contributed by atoms with E-state index < -0.39 is 57.6 Å². The molecule has 1 aromatic heterocycles. The standard InChI is InChI=1S/C22H22F7N3O4S/c1-3-4-9-36-20-14(5-7-17(31-20)22(27,28)29)6-8-18(33)30-12-13-10-15(21(24,25)26)19(16(23)11-13)32-37(2,34)35/h5-8,10-11,32H,3-4,9,12H2,1-2H3,(H,30,33)/b8-6+. The lowest BCUT2D eigenvalue weighted by Gasteiger charge is -2.16. The maximum Gasteiger partial charge on any atom is 0.433 e. The smallest absolute Gasteiger partial charge is 0.433 e. The van der Waals surface area contributed by atoms with Crippen molar-refractivity contribution in [2.24, 2.45) is 0 Å². The number of nitrogens with zero attached hydrogens (tertiary/aromatic N) is 1. The zero-order valence-electron chi connectivity index (χ0n) is 19.4. The van der Waals surface area contributed by atoms with Gasteiger partial charge in [0.2, 0.25) is 21.8 Å². The Kier molecular flexibility index (Phi) is 9.52. The molecule has 1 heterocycles. The first-order chi connectivity index (χ1) is 17.0. The predicted molar refractivity (Wildman–Crippen MR) is 120 cm³/mol. The number of carbonyl (C=O) groups excluding carboxylic acids is 1. The molecular weight excluding hydrogens is 535 g/mol. The van der Waals surface area contributed by atoms with Crippen LogP contribution in [0.5, 0.6) is 5.88 Å². The SMILES string of the molecule is CCCCOc1nc(C(F)(F)F)ccc1/C=C/C(=O)NCc1cc(F)c(NS(C)(=O)=O)c(C(F)(F)F)c1. The Morgan fingerprint density at radius 1 is 1.11 bits per heavy atom. The molecule has 0 atom stereocenters. The predicted octanol–water partition coefficient (Wildman–Crippen LogP) is 5.14. The minimum Gasteiger partial charge on any atom is -0.477 e. The van der Waals surface area contributed by atoms with Crippen LogP contribution in [0.4, 0.5) is 36.4 Å². The van der Waals surface area contributed by atoms with Crippen LogP contribution in [-0.2, 0) is 33.7 Å². The lowest BCUT2D eigenvalue weighted by atomic mass is 10.1. The van der Waals surface area contributed by atoms with E-state index in [1.54, 1.807) is 0 Å². The normalized spacial score (nSPS) is 12.6. The van der Waals surface area contributed by atoms with Crippen LogP contribution in [0.25, 0.3) is 6.08 Å². The van der Waals surface area contributed by atoms with Crippen LogP contribution < -0.4 is 14.8 Å². The third-order valence-corrected chi connectivity index (χ3v) is 5.12. The van der Waals surface area contributed by atoms with Crippen molar-refractivity contribution in [1.82, 2.24) is 10.3 Å². The Hall–Kier alpha value is -3.36. The van der Waals surface area contributed by atoms with E-state index in [1.807, 2.05) is 6.92 Å². The van der Waals surface area contributed by atoms with Gasteiger partial charge in [-0.25, -0.2) is 17.8 Å². The van der Waals surface area contributed by atoms with Gasteiger partial charge in [-0.05, 0) is 42.3 Å². The van der Waals surface area contributed by atoms with E-state index in [0.29, 0.717) is 37.3 Å². The fraction of sp³-hybridized carbons (Fsp3) is 0.364. The Balaban J connectivity index is 2.22. The number of halogens is 7. The van der Waals surface area contributed by atoms with Gasteiger partial charge in [-0.3, -0.25) is 9.52 Å². The minimum atomic E-state index is -5.11. The second-order valence-corrected chi connectivity index (χ2v) is 9.46. The van der Waals surface area contributed by atoms with Gasteiger partial charge in [0.25, 0.3) is 0 Å². The monoisotopic (exact) mass is 557 g/mol. The lowest BCUT2D eigenvalue weighted by Crippen LogP contribution is -2.22. The fourth-order valence-corrected chi connectivity index (χ4v) is 3.43. The van der Waals surface area contributed by atoms with Crippen LogP contribution in [0.2, 0.25) is 0 Å². The highest BCUT2D eigenvalue weighted by molar-refractivity contribution is 7.92. The zero-order chi connectivity index (χ0) is 28.0. The molecule has 1 aromatic carbocycles. The molecule has 0 saturated heterocycles. The second kappa shape index (κ2) is 11.8. The quantitative estimate of drug-likeness (QED) is 0.240. The summed E-state index contributed by atoms with van der Waals surface area (Å²) in [6.07, 6.45) is -6.05. The number of rotatable bonds is 10. The molecule has 0 aliphatic carbocycles. The number of aromatic nitrogens is 1. The van der Waals surface area contributed by atoms with E-state index in [9.17, 15) is 43.9 Å². The molecule has 2 aromatic rings. The molecule has 0 radical (unpaired) electrons. The number of hydrogen-bond acceptors (Lipinski definition) is 5. The molecule has 0 aliphatic heterocycles. The summed E-state index contributed by atoms with van der Waals surface area (Å²) in [5.74, 6) is -2.74. The highest BCUT2D eigenvalue weighted by atomic mass is 32.2. The number of benzene rings is 1. The molecular formula is C22H22F7N3O4S. The number of anilines is 1. The largest absolute Gasteiger partial charge is 0.477 e. The van der Waals surface area contributed by atoms with Gasteiger partial charge in [0.15, 0.2) is 0 Å². The topological polar surface area (TPSA) is 97.4 Å². The molecule has 37 heavy (non-hydrogen) atoms. The first-order valence-corrected chi connectivity index (χ1v) is 12.4. The van der Waals surface area contributed by atoms with E-state index in [1.165, 1.54) is 4.72 Å². The summed E-state index contributed by atoms with van der Waals surface area (Å²) in [7, 11) is -4.22. The molecule has 0 saturated carbocycles. The number of carbonyl (C=O) groups is 1. The third-order valence-electron chi connectivity index (χ3n) is 4.54. The van der Waals surface area contributed by atoms with Crippen molar-refractivity contribution in [3.63, 3.8) is 0 Å². The van der Waals surface area contributed by atoms with Gasteiger partial charge < -0.3 is 10.1 Å². The molecule has 2 rings (SSSR count). The van der Waals surface area contributed by atoms with Gasteiger partial charge in [0.05, 0.1) is 24.1 Å². The van der Waals surface area contributed by atoms with Crippen molar-refractivity contribution in [2.75, 3.05) is 17.6 Å². The Bertz CT molecular complexity index is 1260. The molecule has 0 aliphatic rings. The molecule has 204 valence electrons. The summed E-state index contributed by atoms with van der Waals surface area (Å²) in [5, 5.41) is 2.21. The van der Waals surface area contributed by atoms with E-state index in [0.717, 1.165) is 18.2 Å². The van der Waals surface area contributed by atoms with Crippen molar-refractivity contribution in [3.05, 3.63) is 58.5 Å². The number of ether oxygens (including phenoxy) is 1. The van der Waals surface area contributed by atoms with Crippen molar-refractivity contribution >= 4 is 27.7 Å². The average molecular weight is 557 g/mol. The summed E-state index contributed by atoms with van der Waals surface area (Å²) in [6, 6.07) is 2.82. The van der Waals surface area contributed by atoms with Crippen LogP contribution in [0.3, 0.4) is 0 Å². The minimum absolute atomic E-state index is 0.0425. The molecule has 2 N–H and O–H groups in total. The number of nitrogens with one attached hydrogen (secondary N) is 2. The number of pyridine rings is 1. The summed E-state index contributed by atoms with van der Waals surface area (Å²) in [4.78, 5) is 15.6. The van der Waals surface area contributed by atoms with Crippen molar-refractivity contribution in [2.45, 2.75) is 38.7 Å². The van der Waals surface area contributed by atoms with Crippen LogP contribution >= 0.6 is 0 Å². The molecule has 0 bridgehead atoms. The molecule has 0 spiro atoms. The summed E-state index contributed by atoms with van der Waals surface area (Å²) >= 11 is 0. The van der Waals surface area contributed by atoms with Gasteiger partial charge in [-0.15, -0.1) is 0 Å². The van der Waals surface area contributed by atoms with Crippen LogP contribution in [-0.4, -0.2) is 32.2 Å². The second-order valence-electron chi connectivity index (χ2n) is 7.71. The molecule has 1 amide bonds. The average Bonchev–Trinajstić information content (AvgIpc) is 2.76. The zero-order valence-corrected chi connectivity index (χ0v) is 20.2. The first-order valence-electron chi connectivity index (χ1n) is 10.6. The fourth-order valence-electron chi connectivity index (χ4n) is 2.86. The van der Waals surface area contributed by atoms with Crippen LogP contribution in [0, 0.1) is 5.82 Å². The maximum atomic E-state index is 14.3. The molecule has 0 unspecified atom stereocenters. The van der Waals surface area contributed by atoms with Crippen molar-refractivity contribution in [1.29, 1.82) is 0 Å². The Morgan fingerprint density at radius 3 is 2.35 bits per heavy atom. The van der Waals surface area contributed by atoms with Crippen LogP contribution in [0.15, 0.2) is 30.3 Å². The van der Waals surface area contributed by atoms with E-state index in [4.69, 9.17) is 4.74 Å². The molecule has 7 nitrogen and oxygen atoms in total. The summed E-state index contributed by atoms with van der Waals surface area (Å²) in [6.45, 7) is 1.34. The third kappa shape index (κ3) is 9.22. The number of unbranched alkanes of at least 4 members (excludes halogenated alkanes) is 1. The van der Waals surface area contributed by atoms with Crippen molar-refractivity contribution in [3.8, 4) is 5.88 Å². The van der Waals surface area contributed by atoms with Crippen molar-refractivity contribution < 1.29 is 48.7 Å². The number of hydrogen-bond donors (Lipinski definition) is 2. The van der Waals surface area contributed by atoms with Gasteiger partial charge in [-0.2, -0.15) is 26.3 Å². The number of sulfonamides is 1. The Morgan fingerprint density at radius 2 is 1.78 bits per heavy atom. The molecule has 0 fully saturated rings. The van der Waals surface area contributed by atoms with Gasteiger partial charge in [0, 0.05) is 18.2 Å².